The first-order valence-electron chi connectivity index (χ1n) is 8.41. The van der Waals surface area contributed by atoms with Crippen molar-refractivity contribution in [2.45, 2.75) is 11.8 Å². The van der Waals surface area contributed by atoms with Gasteiger partial charge in [0.2, 0.25) is 0 Å². The molecule has 0 unspecified atom stereocenters. The van der Waals surface area contributed by atoms with Gasteiger partial charge in [0.25, 0.3) is 10.0 Å². The standard InChI is InChI=1S/C20H16FN3O3S/c1-14-22-20(13-27-14)15-4-7-17(8-5-15)28(25,26)23-19-12-16(6-9-18(19)21)24-10-2-3-11-24/h2-13,23H,1H3. The third-order valence-electron chi connectivity index (χ3n) is 4.18. The molecule has 0 aliphatic heterocycles. The zero-order chi connectivity index (χ0) is 19.7. The molecule has 1 N–H and O–H groups in total. The highest BCUT2D eigenvalue weighted by Crippen LogP contribution is 2.25. The molecule has 0 bridgehead atoms. The number of hydrogen-bond acceptors (Lipinski definition) is 4. The molecule has 4 rings (SSSR count). The van der Waals surface area contributed by atoms with Gasteiger partial charge in [-0.1, -0.05) is 12.1 Å². The number of aromatic nitrogens is 2. The Morgan fingerprint density at radius 2 is 1.79 bits per heavy atom. The van der Waals surface area contributed by atoms with Crippen LogP contribution in [0.5, 0.6) is 0 Å². The first-order valence-corrected chi connectivity index (χ1v) is 9.89. The molecule has 8 heteroatoms. The van der Waals surface area contributed by atoms with E-state index in [2.05, 4.69) is 9.71 Å². The van der Waals surface area contributed by atoms with Gasteiger partial charge in [-0.2, -0.15) is 0 Å². The molecular formula is C20H16FN3O3S. The van der Waals surface area contributed by atoms with E-state index < -0.39 is 15.8 Å². The summed E-state index contributed by atoms with van der Waals surface area (Å²) in [5, 5.41) is 0. The number of rotatable bonds is 5. The minimum Gasteiger partial charge on any atom is -0.449 e. The van der Waals surface area contributed by atoms with E-state index in [1.54, 1.807) is 42.1 Å². The lowest BCUT2D eigenvalue weighted by Gasteiger charge is -2.11. The second-order valence-corrected chi connectivity index (χ2v) is 7.82. The van der Waals surface area contributed by atoms with E-state index in [1.807, 2.05) is 12.1 Å². The SMILES string of the molecule is Cc1nc(-c2ccc(S(=O)(=O)Nc3cc(-n4cccc4)ccc3F)cc2)co1. The average molecular weight is 397 g/mol. The average Bonchev–Trinajstić information content (AvgIpc) is 3.35. The van der Waals surface area contributed by atoms with Crippen molar-refractivity contribution in [2.75, 3.05) is 4.72 Å². The molecule has 0 fully saturated rings. The number of anilines is 1. The monoisotopic (exact) mass is 397 g/mol. The van der Waals surface area contributed by atoms with Gasteiger partial charge in [-0.3, -0.25) is 4.72 Å². The molecule has 0 radical (unpaired) electrons. The molecule has 142 valence electrons. The Morgan fingerprint density at radius 1 is 1.07 bits per heavy atom. The molecule has 0 amide bonds. The van der Waals surface area contributed by atoms with Gasteiger partial charge in [-0.05, 0) is 42.5 Å². The molecule has 4 aromatic rings. The number of oxazole rings is 1. The first kappa shape index (κ1) is 18.0. The molecule has 0 aliphatic rings. The summed E-state index contributed by atoms with van der Waals surface area (Å²) >= 11 is 0. The summed E-state index contributed by atoms with van der Waals surface area (Å²) in [5.41, 5.74) is 1.85. The Kier molecular flexibility index (Phi) is 4.48. The molecule has 6 nitrogen and oxygen atoms in total. The van der Waals surface area contributed by atoms with Crippen molar-refractivity contribution < 1.29 is 17.2 Å². The number of hydrogen-bond donors (Lipinski definition) is 1. The number of aryl methyl sites for hydroxylation is 1. The molecule has 0 saturated heterocycles. The van der Waals surface area contributed by atoms with Crippen LogP contribution in [0.4, 0.5) is 10.1 Å². The lowest BCUT2D eigenvalue weighted by Crippen LogP contribution is -2.14. The van der Waals surface area contributed by atoms with Gasteiger partial charge >= 0.3 is 0 Å². The topological polar surface area (TPSA) is 77.1 Å². The Bertz CT molecular complexity index is 1210. The molecule has 2 heterocycles. The largest absolute Gasteiger partial charge is 0.449 e. The van der Waals surface area contributed by atoms with E-state index in [9.17, 15) is 12.8 Å². The van der Waals surface area contributed by atoms with E-state index >= 15 is 0 Å². The summed E-state index contributed by atoms with van der Waals surface area (Å²) in [6.45, 7) is 1.72. The van der Waals surface area contributed by atoms with Gasteiger partial charge in [0.15, 0.2) is 5.89 Å². The second-order valence-electron chi connectivity index (χ2n) is 6.14. The maximum absolute atomic E-state index is 14.2. The van der Waals surface area contributed by atoms with Crippen molar-refractivity contribution in [3.05, 3.63) is 85.0 Å². The summed E-state index contributed by atoms with van der Waals surface area (Å²) < 4.78 is 48.8. The molecule has 2 aromatic carbocycles. The van der Waals surface area contributed by atoms with E-state index in [0.29, 0.717) is 17.3 Å². The van der Waals surface area contributed by atoms with Crippen LogP contribution in [0, 0.1) is 12.7 Å². The predicted molar refractivity (Wildman–Crippen MR) is 103 cm³/mol. The van der Waals surface area contributed by atoms with Crippen LogP contribution in [-0.4, -0.2) is 18.0 Å². The van der Waals surface area contributed by atoms with Gasteiger partial charge in [-0.25, -0.2) is 17.8 Å². The maximum atomic E-state index is 14.2. The van der Waals surface area contributed by atoms with E-state index in [1.165, 1.54) is 30.5 Å². The highest BCUT2D eigenvalue weighted by molar-refractivity contribution is 7.92. The second kappa shape index (κ2) is 6.97. The molecule has 2 aromatic heterocycles. The number of nitrogens with one attached hydrogen (secondary N) is 1. The van der Waals surface area contributed by atoms with Crippen molar-refractivity contribution in [3.63, 3.8) is 0 Å². The zero-order valence-corrected chi connectivity index (χ0v) is 15.7. The summed E-state index contributed by atoms with van der Waals surface area (Å²) in [6.07, 6.45) is 5.07. The Labute approximate surface area is 161 Å². The Balaban J connectivity index is 1.61. The lowest BCUT2D eigenvalue weighted by atomic mass is 10.2. The zero-order valence-electron chi connectivity index (χ0n) is 14.8. The molecule has 0 spiro atoms. The van der Waals surface area contributed by atoms with Crippen LogP contribution in [0.3, 0.4) is 0 Å². The summed E-state index contributed by atoms with van der Waals surface area (Å²) in [5.74, 6) is -0.138. The van der Waals surface area contributed by atoms with Crippen LogP contribution in [0.1, 0.15) is 5.89 Å². The fourth-order valence-corrected chi connectivity index (χ4v) is 3.82. The van der Waals surface area contributed by atoms with Crippen LogP contribution in [0.2, 0.25) is 0 Å². The Hall–Kier alpha value is -3.39. The third kappa shape index (κ3) is 3.54. The van der Waals surface area contributed by atoms with Crippen LogP contribution < -0.4 is 4.72 Å². The summed E-state index contributed by atoms with van der Waals surface area (Å²) in [7, 11) is -3.96. The molecule has 0 aliphatic carbocycles. The highest BCUT2D eigenvalue weighted by Gasteiger charge is 2.17. The van der Waals surface area contributed by atoms with Crippen LogP contribution in [0.25, 0.3) is 16.9 Å². The van der Waals surface area contributed by atoms with Gasteiger partial charge in [0, 0.05) is 30.6 Å². The lowest BCUT2D eigenvalue weighted by molar-refractivity contribution is 0.521. The van der Waals surface area contributed by atoms with Crippen molar-refractivity contribution in [1.82, 2.24) is 9.55 Å². The highest BCUT2D eigenvalue weighted by atomic mass is 32.2. The molecule has 28 heavy (non-hydrogen) atoms. The molecular weight excluding hydrogens is 381 g/mol. The smallest absolute Gasteiger partial charge is 0.261 e. The number of benzene rings is 2. The van der Waals surface area contributed by atoms with Crippen LogP contribution in [0.15, 0.2) is 82.6 Å². The first-order chi connectivity index (χ1) is 13.4. The number of sulfonamides is 1. The summed E-state index contributed by atoms with van der Waals surface area (Å²) in [6, 6.07) is 14.0. The summed E-state index contributed by atoms with van der Waals surface area (Å²) in [4.78, 5) is 4.22. The molecule has 0 saturated carbocycles. The Morgan fingerprint density at radius 3 is 2.43 bits per heavy atom. The minimum atomic E-state index is -3.96. The maximum Gasteiger partial charge on any atom is 0.261 e. The van der Waals surface area contributed by atoms with Gasteiger partial charge in [0.05, 0.1) is 10.6 Å². The van der Waals surface area contributed by atoms with Gasteiger partial charge in [-0.15, -0.1) is 0 Å². The fourth-order valence-electron chi connectivity index (χ4n) is 2.76. The third-order valence-corrected chi connectivity index (χ3v) is 5.56. The van der Waals surface area contributed by atoms with Crippen molar-refractivity contribution in [3.8, 4) is 16.9 Å². The van der Waals surface area contributed by atoms with Gasteiger partial charge < -0.3 is 8.98 Å². The van der Waals surface area contributed by atoms with Crippen LogP contribution in [-0.2, 0) is 10.0 Å². The predicted octanol–water partition coefficient (Wildman–Crippen LogP) is 4.38. The minimum absolute atomic E-state index is 0.0160. The van der Waals surface area contributed by atoms with Crippen LogP contribution >= 0.6 is 0 Å². The quantitative estimate of drug-likeness (QED) is 0.542. The van der Waals surface area contributed by atoms with Crippen molar-refractivity contribution in [2.24, 2.45) is 0 Å². The van der Waals surface area contributed by atoms with Gasteiger partial charge in [0.1, 0.15) is 17.8 Å². The van der Waals surface area contributed by atoms with Crippen molar-refractivity contribution >= 4 is 15.7 Å². The van der Waals surface area contributed by atoms with E-state index in [0.717, 1.165) is 5.56 Å². The normalized spacial score (nSPS) is 11.5. The molecule has 0 atom stereocenters. The van der Waals surface area contributed by atoms with E-state index in [-0.39, 0.29) is 10.6 Å². The fraction of sp³-hybridized carbons (Fsp3) is 0.0500. The number of nitrogens with zero attached hydrogens (tertiary/aromatic N) is 2. The van der Waals surface area contributed by atoms with E-state index in [4.69, 9.17) is 4.42 Å². The number of halogens is 1. The van der Waals surface area contributed by atoms with Crippen molar-refractivity contribution in [1.29, 1.82) is 0 Å².